The Morgan fingerprint density at radius 2 is 2.38 bits per heavy atom. The average molecular weight is 239 g/mol. The quantitative estimate of drug-likeness (QED) is 0.743. The number of nitrogens with zero attached hydrogens (tertiary/aromatic N) is 1. The molecule has 1 heterocycles. The van der Waals surface area contributed by atoms with Crippen molar-refractivity contribution >= 4 is 15.8 Å². The van der Waals surface area contributed by atoms with Gasteiger partial charge in [0.15, 0.2) is 0 Å². The van der Waals surface area contributed by atoms with E-state index in [9.17, 15) is 8.42 Å². The molecule has 3 N–H and O–H groups in total. The Balaban J connectivity index is 3.05. The maximum absolute atomic E-state index is 11.9. The SMILES string of the molecule is C#CC(CC)NS(=O)(=O)c1cccnc1N. The number of sulfonamides is 1. The maximum Gasteiger partial charge on any atom is 0.245 e. The van der Waals surface area contributed by atoms with Gasteiger partial charge in [0.05, 0.1) is 6.04 Å². The summed E-state index contributed by atoms with van der Waals surface area (Å²) in [5, 5.41) is 0. The van der Waals surface area contributed by atoms with Gasteiger partial charge in [-0.2, -0.15) is 4.72 Å². The van der Waals surface area contributed by atoms with Crippen LogP contribution in [0.1, 0.15) is 13.3 Å². The van der Waals surface area contributed by atoms with E-state index >= 15 is 0 Å². The van der Waals surface area contributed by atoms with E-state index in [1.807, 2.05) is 0 Å². The molecule has 0 aromatic carbocycles. The maximum atomic E-state index is 11.9. The number of pyridine rings is 1. The molecule has 0 amide bonds. The van der Waals surface area contributed by atoms with Crippen LogP contribution in [-0.2, 0) is 10.0 Å². The van der Waals surface area contributed by atoms with E-state index in [2.05, 4.69) is 15.6 Å². The highest BCUT2D eigenvalue weighted by Gasteiger charge is 2.20. The lowest BCUT2D eigenvalue weighted by Gasteiger charge is -2.12. The van der Waals surface area contributed by atoms with Gasteiger partial charge in [0, 0.05) is 6.20 Å². The molecule has 1 unspecified atom stereocenters. The van der Waals surface area contributed by atoms with Crippen molar-refractivity contribution in [3.8, 4) is 12.3 Å². The Labute approximate surface area is 95.1 Å². The van der Waals surface area contributed by atoms with Crippen LogP contribution in [0, 0.1) is 12.3 Å². The van der Waals surface area contributed by atoms with Crippen LogP contribution in [0.25, 0.3) is 0 Å². The van der Waals surface area contributed by atoms with Crippen molar-refractivity contribution < 1.29 is 8.42 Å². The summed E-state index contributed by atoms with van der Waals surface area (Å²) in [6, 6.07) is 2.35. The molecule has 86 valence electrons. The predicted octanol–water partition coefficient (Wildman–Crippen LogP) is 0.354. The van der Waals surface area contributed by atoms with Crippen LogP contribution in [0.15, 0.2) is 23.2 Å². The van der Waals surface area contributed by atoms with Gasteiger partial charge in [0.1, 0.15) is 10.7 Å². The Hall–Kier alpha value is -1.58. The van der Waals surface area contributed by atoms with Gasteiger partial charge in [-0.15, -0.1) is 6.42 Å². The second-order valence-corrected chi connectivity index (χ2v) is 4.82. The standard InChI is InChI=1S/C10H13N3O2S/c1-3-8(4-2)13-16(14,15)9-6-5-7-12-10(9)11/h1,5-8,13H,4H2,2H3,(H2,11,12). The molecule has 1 rings (SSSR count). The summed E-state index contributed by atoms with van der Waals surface area (Å²) in [6.45, 7) is 1.79. The van der Waals surface area contributed by atoms with Crippen LogP contribution in [0.2, 0.25) is 0 Å². The second kappa shape index (κ2) is 4.96. The topological polar surface area (TPSA) is 85.1 Å². The normalized spacial score (nSPS) is 13.0. The lowest BCUT2D eigenvalue weighted by atomic mass is 10.3. The number of nitrogen functional groups attached to an aromatic ring is 1. The van der Waals surface area contributed by atoms with E-state index in [4.69, 9.17) is 12.2 Å². The molecule has 1 atom stereocenters. The highest BCUT2D eigenvalue weighted by atomic mass is 32.2. The van der Waals surface area contributed by atoms with Gasteiger partial charge in [-0.05, 0) is 18.6 Å². The van der Waals surface area contributed by atoms with Gasteiger partial charge in [-0.25, -0.2) is 13.4 Å². The van der Waals surface area contributed by atoms with Gasteiger partial charge >= 0.3 is 0 Å². The zero-order valence-electron chi connectivity index (χ0n) is 8.84. The molecule has 0 radical (unpaired) electrons. The predicted molar refractivity (Wildman–Crippen MR) is 61.9 cm³/mol. The fourth-order valence-electron chi connectivity index (χ4n) is 1.12. The van der Waals surface area contributed by atoms with Crippen LogP contribution < -0.4 is 10.5 Å². The molecular weight excluding hydrogens is 226 g/mol. The van der Waals surface area contributed by atoms with E-state index in [0.717, 1.165) is 0 Å². The third kappa shape index (κ3) is 2.72. The van der Waals surface area contributed by atoms with Crippen molar-refractivity contribution in [1.29, 1.82) is 0 Å². The van der Waals surface area contributed by atoms with Crippen LogP contribution >= 0.6 is 0 Å². The zero-order valence-corrected chi connectivity index (χ0v) is 9.66. The number of anilines is 1. The number of aromatic nitrogens is 1. The summed E-state index contributed by atoms with van der Waals surface area (Å²) in [5.74, 6) is 2.31. The summed E-state index contributed by atoms with van der Waals surface area (Å²) in [7, 11) is -3.69. The van der Waals surface area contributed by atoms with Crippen LogP contribution in [0.4, 0.5) is 5.82 Å². The Morgan fingerprint density at radius 3 is 2.88 bits per heavy atom. The van der Waals surface area contributed by atoms with Gasteiger partial charge in [0.2, 0.25) is 10.0 Å². The summed E-state index contributed by atoms with van der Waals surface area (Å²) >= 11 is 0. The van der Waals surface area contributed by atoms with Gasteiger partial charge in [-0.3, -0.25) is 0 Å². The Morgan fingerprint density at radius 1 is 1.69 bits per heavy atom. The Bertz CT molecular complexity index is 505. The third-order valence-corrected chi connectivity index (χ3v) is 3.52. The number of nitrogens with one attached hydrogen (secondary N) is 1. The number of hydrogen-bond acceptors (Lipinski definition) is 4. The van der Waals surface area contributed by atoms with E-state index in [0.29, 0.717) is 6.42 Å². The molecule has 5 nitrogen and oxygen atoms in total. The first-order valence-electron chi connectivity index (χ1n) is 4.70. The van der Waals surface area contributed by atoms with Gasteiger partial charge in [-0.1, -0.05) is 12.8 Å². The van der Waals surface area contributed by atoms with Crippen molar-refractivity contribution in [2.24, 2.45) is 0 Å². The van der Waals surface area contributed by atoms with Crippen molar-refractivity contribution in [1.82, 2.24) is 9.71 Å². The number of rotatable bonds is 4. The minimum atomic E-state index is -3.69. The number of nitrogens with two attached hydrogens (primary N) is 1. The largest absolute Gasteiger partial charge is 0.383 e. The molecule has 1 aromatic heterocycles. The fraction of sp³-hybridized carbons (Fsp3) is 0.300. The molecule has 6 heteroatoms. The van der Waals surface area contributed by atoms with Gasteiger partial charge < -0.3 is 5.73 Å². The molecule has 1 aromatic rings. The minimum absolute atomic E-state index is 0.0399. The monoisotopic (exact) mass is 239 g/mol. The molecule has 0 aliphatic carbocycles. The summed E-state index contributed by atoms with van der Waals surface area (Å²) in [4.78, 5) is 3.66. The molecule has 0 aliphatic heterocycles. The van der Waals surface area contributed by atoms with Crippen molar-refractivity contribution in [2.75, 3.05) is 5.73 Å². The van der Waals surface area contributed by atoms with E-state index in [1.54, 1.807) is 6.92 Å². The first-order chi connectivity index (χ1) is 7.51. The van der Waals surface area contributed by atoms with Crippen molar-refractivity contribution in [2.45, 2.75) is 24.3 Å². The molecular formula is C10H13N3O2S. The van der Waals surface area contributed by atoms with Crippen LogP contribution in [-0.4, -0.2) is 19.4 Å². The van der Waals surface area contributed by atoms with Crippen LogP contribution in [0.3, 0.4) is 0 Å². The van der Waals surface area contributed by atoms with Gasteiger partial charge in [0.25, 0.3) is 0 Å². The zero-order chi connectivity index (χ0) is 12.2. The fourth-order valence-corrected chi connectivity index (χ4v) is 2.44. The van der Waals surface area contributed by atoms with E-state index < -0.39 is 16.1 Å². The van der Waals surface area contributed by atoms with E-state index in [-0.39, 0.29) is 10.7 Å². The summed E-state index contributed by atoms with van der Waals surface area (Å²) in [5.41, 5.74) is 5.48. The highest BCUT2D eigenvalue weighted by Crippen LogP contribution is 2.14. The smallest absolute Gasteiger partial charge is 0.245 e. The first kappa shape index (κ1) is 12.5. The summed E-state index contributed by atoms with van der Waals surface area (Å²) < 4.78 is 26.1. The second-order valence-electron chi connectivity index (χ2n) is 3.14. The van der Waals surface area contributed by atoms with E-state index in [1.165, 1.54) is 18.3 Å². The lowest BCUT2D eigenvalue weighted by molar-refractivity contribution is 0.570. The third-order valence-electron chi connectivity index (χ3n) is 2.00. The minimum Gasteiger partial charge on any atom is -0.383 e. The summed E-state index contributed by atoms with van der Waals surface area (Å²) in [6.07, 6.45) is 7.12. The average Bonchev–Trinajstić information content (AvgIpc) is 2.26. The first-order valence-corrected chi connectivity index (χ1v) is 6.18. The number of hydrogen-bond donors (Lipinski definition) is 2. The lowest BCUT2D eigenvalue weighted by Crippen LogP contribution is -2.33. The molecule has 0 saturated carbocycles. The molecule has 0 spiro atoms. The molecule has 0 bridgehead atoms. The van der Waals surface area contributed by atoms with Crippen molar-refractivity contribution in [3.05, 3.63) is 18.3 Å². The molecule has 0 aliphatic rings. The number of terminal acetylenes is 1. The van der Waals surface area contributed by atoms with Crippen LogP contribution in [0.5, 0.6) is 0 Å². The highest BCUT2D eigenvalue weighted by molar-refractivity contribution is 7.89. The molecule has 0 saturated heterocycles. The molecule has 16 heavy (non-hydrogen) atoms. The Kier molecular flexibility index (Phi) is 3.88. The molecule has 0 fully saturated rings. The van der Waals surface area contributed by atoms with Crippen molar-refractivity contribution in [3.63, 3.8) is 0 Å².